The van der Waals surface area contributed by atoms with Crippen LogP contribution in [0.15, 0.2) is 24.3 Å². The molecule has 1 aromatic carbocycles. The third-order valence-corrected chi connectivity index (χ3v) is 2.59. The van der Waals surface area contributed by atoms with Crippen molar-refractivity contribution >= 4 is 5.97 Å². The second-order valence-corrected chi connectivity index (χ2v) is 3.95. The van der Waals surface area contributed by atoms with Crippen LogP contribution in [0.3, 0.4) is 0 Å². The number of rotatable bonds is 3. The van der Waals surface area contributed by atoms with Gasteiger partial charge in [-0.05, 0) is 6.92 Å². The van der Waals surface area contributed by atoms with E-state index in [9.17, 15) is 31.9 Å². The van der Waals surface area contributed by atoms with Crippen molar-refractivity contribution in [3.8, 4) is 0 Å². The number of aliphatic carboxylic acids is 1. The zero-order valence-electron chi connectivity index (χ0n) is 9.50. The standard InChI is InChI=1S/C11H9F5O3/c1-6-2-4-7(5-3-6)9(19,8(17)18)10(12,13)11(14,15)16/h2-5,19H,1H3,(H,17,18). The number of hydrogen-bond acceptors (Lipinski definition) is 2. The van der Waals surface area contributed by atoms with E-state index in [0.29, 0.717) is 17.7 Å². The Labute approximate surface area is 104 Å². The SMILES string of the molecule is Cc1ccc(C(O)(C(=O)O)C(F)(F)C(F)(F)F)cc1. The number of carbonyl (C=O) groups is 1. The van der Waals surface area contributed by atoms with Crippen molar-refractivity contribution in [3.05, 3.63) is 35.4 Å². The van der Waals surface area contributed by atoms with E-state index in [1.807, 2.05) is 0 Å². The summed E-state index contributed by atoms with van der Waals surface area (Å²) in [6.45, 7) is 1.52. The summed E-state index contributed by atoms with van der Waals surface area (Å²) in [7, 11) is 0. The monoisotopic (exact) mass is 284 g/mol. The average molecular weight is 284 g/mol. The molecule has 0 aliphatic heterocycles. The van der Waals surface area contributed by atoms with Gasteiger partial charge in [-0.15, -0.1) is 0 Å². The molecule has 0 aliphatic rings. The average Bonchev–Trinajstić information content (AvgIpc) is 2.26. The molecule has 0 fully saturated rings. The van der Waals surface area contributed by atoms with Crippen molar-refractivity contribution in [2.45, 2.75) is 24.6 Å². The maximum absolute atomic E-state index is 13.3. The highest BCUT2D eigenvalue weighted by Crippen LogP contribution is 2.48. The smallest absolute Gasteiger partial charge is 0.457 e. The van der Waals surface area contributed by atoms with Crippen LogP contribution in [0.4, 0.5) is 22.0 Å². The highest BCUT2D eigenvalue weighted by Gasteiger charge is 2.74. The number of alkyl halides is 5. The third kappa shape index (κ3) is 2.27. The number of halogens is 5. The van der Waals surface area contributed by atoms with Crippen LogP contribution < -0.4 is 0 Å². The third-order valence-electron chi connectivity index (χ3n) is 2.59. The maximum Gasteiger partial charge on any atom is 0.457 e. The first-order valence-electron chi connectivity index (χ1n) is 4.92. The molecule has 0 bridgehead atoms. The molecule has 3 nitrogen and oxygen atoms in total. The van der Waals surface area contributed by atoms with Crippen molar-refractivity contribution in [3.63, 3.8) is 0 Å². The molecular formula is C11H9F5O3. The van der Waals surface area contributed by atoms with Crippen molar-refractivity contribution < 1.29 is 37.0 Å². The van der Waals surface area contributed by atoms with E-state index in [4.69, 9.17) is 5.11 Å². The van der Waals surface area contributed by atoms with Gasteiger partial charge in [-0.1, -0.05) is 29.8 Å². The van der Waals surface area contributed by atoms with Gasteiger partial charge in [0, 0.05) is 5.56 Å². The molecule has 1 atom stereocenters. The van der Waals surface area contributed by atoms with Crippen molar-refractivity contribution in [1.82, 2.24) is 0 Å². The van der Waals surface area contributed by atoms with Gasteiger partial charge in [0.05, 0.1) is 0 Å². The van der Waals surface area contributed by atoms with Gasteiger partial charge in [-0.25, -0.2) is 4.79 Å². The summed E-state index contributed by atoms with van der Waals surface area (Å²) < 4.78 is 63.4. The molecule has 1 rings (SSSR count). The van der Waals surface area contributed by atoms with Gasteiger partial charge in [-0.3, -0.25) is 0 Å². The van der Waals surface area contributed by atoms with Crippen LogP contribution in [0.5, 0.6) is 0 Å². The predicted molar refractivity (Wildman–Crippen MR) is 53.7 cm³/mol. The number of benzene rings is 1. The molecule has 0 radical (unpaired) electrons. The first-order valence-corrected chi connectivity index (χ1v) is 4.92. The Hall–Kier alpha value is -1.70. The van der Waals surface area contributed by atoms with E-state index in [-0.39, 0.29) is 0 Å². The van der Waals surface area contributed by atoms with Crippen LogP contribution in [0, 0.1) is 6.92 Å². The predicted octanol–water partition coefficient (Wildman–Crippen LogP) is 2.46. The lowest BCUT2D eigenvalue weighted by Gasteiger charge is -2.33. The van der Waals surface area contributed by atoms with Gasteiger partial charge in [-0.2, -0.15) is 22.0 Å². The van der Waals surface area contributed by atoms with Crippen molar-refractivity contribution in [1.29, 1.82) is 0 Å². The Kier molecular flexibility index (Phi) is 3.59. The fourth-order valence-corrected chi connectivity index (χ4v) is 1.44. The minimum absolute atomic E-state index is 0.506. The van der Waals surface area contributed by atoms with Crippen LogP contribution in [-0.4, -0.2) is 28.3 Å². The van der Waals surface area contributed by atoms with Crippen LogP contribution in [0.1, 0.15) is 11.1 Å². The fourth-order valence-electron chi connectivity index (χ4n) is 1.44. The molecule has 0 aromatic heterocycles. The normalized spacial score (nSPS) is 15.9. The Morgan fingerprint density at radius 1 is 1.05 bits per heavy atom. The van der Waals surface area contributed by atoms with Crippen molar-refractivity contribution in [2.75, 3.05) is 0 Å². The molecule has 1 aromatic rings. The molecule has 0 saturated heterocycles. The summed E-state index contributed by atoms with van der Waals surface area (Å²) in [5.74, 6) is -8.51. The molecule has 0 heterocycles. The second kappa shape index (κ2) is 4.44. The summed E-state index contributed by atoms with van der Waals surface area (Å²) in [5, 5.41) is 18.1. The summed E-state index contributed by atoms with van der Waals surface area (Å²) in [5.41, 5.74) is -4.92. The van der Waals surface area contributed by atoms with Crippen LogP contribution in [0.25, 0.3) is 0 Å². The Bertz CT molecular complexity index is 480. The van der Waals surface area contributed by atoms with E-state index < -0.39 is 29.2 Å². The van der Waals surface area contributed by atoms with E-state index in [1.54, 1.807) is 0 Å². The fraction of sp³-hybridized carbons (Fsp3) is 0.364. The Balaban J connectivity index is 3.50. The maximum atomic E-state index is 13.3. The zero-order valence-corrected chi connectivity index (χ0v) is 9.50. The van der Waals surface area contributed by atoms with Gasteiger partial charge in [0.2, 0.25) is 0 Å². The van der Waals surface area contributed by atoms with E-state index in [1.165, 1.54) is 6.92 Å². The minimum Gasteiger partial charge on any atom is -0.479 e. The van der Waals surface area contributed by atoms with Gasteiger partial charge in [0.1, 0.15) is 0 Å². The zero-order chi connectivity index (χ0) is 15.1. The van der Waals surface area contributed by atoms with Crippen LogP contribution in [-0.2, 0) is 10.4 Å². The molecule has 2 N–H and O–H groups in total. The van der Waals surface area contributed by atoms with E-state index in [0.717, 1.165) is 12.1 Å². The lowest BCUT2D eigenvalue weighted by Crippen LogP contribution is -2.59. The summed E-state index contributed by atoms with van der Waals surface area (Å²) in [6.07, 6.45) is -6.20. The minimum atomic E-state index is -6.20. The summed E-state index contributed by atoms with van der Waals surface area (Å²) in [6, 6.07) is 3.66. The molecule has 0 aliphatic carbocycles. The molecule has 0 amide bonds. The quantitative estimate of drug-likeness (QED) is 0.838. The number of carboxylic acid groups (broad SMARTS) is 1. The summed E-state index contributed by atoms with van der Waals surface area (Å²) in [4.78, 5) is 10.8. The first kappa shape index (κ1) is 15.4. The van der Waals surface area contributed by atoms with Gasteiger partial charge < -0.3 is 10.2 Å². The Morgan fingerprint density at radius 3 is 1.79 bits per heavy atom. The lowest BCUT2D eigenvalue weighted by atomic mass is 9.86. The molecular weight excluding hydrogens is 275 g/mol. The highest BCUT2D eigenvalue weighted by molar-refractivity contribution is 5.81. The molecule has 106 valence electrons. The van der Waals surface area contributed by atoms with Crippen LogP contribution >= 0.6 is 0 Å². The van der Waals surface area contributed by atoms with Crippen molar-refractivity contribution in [2.24, 2.45) is 0 Å². The molecule has 0 saturated carbocycles. The van der Waals surface area contributed by atoms with Gasteiger partial charge >= 0.3 is 18.1 Å². The first-order chi connectivity index (χ1) is 8.44. The second-order valence-electron chi connectivity index (χ2n) is 3.95. The van der Waals surface area contributed by atoms with E-state index >= 15 is 0 Å². The molecule has 1 unspecified atom stereocenters. The molecule has 8 heteroatoms. The highest BCUT2D eigenvalue weighted by atomic mass is 19.4. The lowest BCUT2D eigenvalue weighted by molar-refractivity contribution is -0.340. The molecule has 0 spiro atoms. The van der Waals surface area contributed by atoms with E-state index in [2.05, 4.69) is 0 Å². The topological polar surface area (TPSA) is 57.5 Å². The number of hydrogen-bond donors (Lipinski definition) is 2. The molecule has 19 heavy (non-hydrogen) atoms. The largest absolute Gasteiger partial charge is 0.479 e. The van der Waals surface area contributed by atoms with Gasteiger partial charge in [0.25, 0.3) is 5.60 Å². The van der Waals surface area contributed by atoms with Crippen LogP contribution in [0.2, 0.25) is 0 Å². The Morgan fingerprint density at radius 2 is 1.47 bits per heavy atom. The number of aliphatic hydroxyl groups is 1. The number of carboxylic acids is 1. The number of aryl methyl sites for hydroxylation is 1. The summed E-state index contributed by atoms with van der Waals surface area (Å²) >= 11 is 0. The van der Waals surface area contributed by atoms with Gasteiger partial charge in [0.15, 0.2) is 0 Å².